The van der Waals surface area contributed by atoms with Crippen LogP contribution < -0.4 is 10.6 Å². The van der Waals surface area contributed by atoms with Crippen LogP contribution in [0.3, 0.4) is 0 Å². The first-order valence-corrected chi connectivity index (χ1v) is 11.9. The summed E-state index contributed by atoms with van der Waals surface area (Å²) in [6, 6.07) is 11.6. The Balaban J connectivity index is 1.72. The standard InChI is InChI=1S/C28H39N3O/c1-21(14-16-29-3)28-13-11-24(20-30-28)18-23-10-12-25(15-17-32-4)27(19-23)22(2)31-26-8-6-5-7-9-26/h10-13,19-20,26,29,31H,1-2,5-9,14-18H2,3-4H3. The summed E-state index contributed by atoms with van der Waals surface area (Å²) in [5.74, 6) is 0. The van der Waals surface area contributed by atoms with E-state index in [9.17, 15) is 0 Å². The molecule has 0 saturated heterocycles. The molecule has 0 amide bonds. The van der Waals surface area contributed by atoms with E-state index in [1.807, 2.05) is 13.2 Å². The SMILES string of the molecule is C=C(CCNC)c1ccc(Cc2ccc(CCOC)c(C(=C)NC3CCCCC3)c2)cn1. The maximum absolute atomic E-state index is 5.34. The number of hydrogen-bond acceptors (Lipinski definition) is 4. The number of pyridine rings is 1. The van der Waals surface area contributed by atoms with Crippen LogP contribution in [0.4, 0.5) is 0 Å². The highest BCUT2D eigenvalue weighted by Crippen LogP contribution is 2.25. The summed E-state index contributed by atoms with van der Waals surface area (Å²) in [5.41, 5.74) is 8.07. The van der Waals surface area contributed by atoms with Crippen molar-refractivity contribution < 1.29 is 4.74 Å². The molecule has 1 aliphatic rings. The van der Waals surface area contributed by atoms with Gasteiger partial charge in [0.05, 0.1) is 12.3 Å². The topological polar surface area (TPSA) is 46.2 Å². The van der Waals surface area contributed by atoms with Crippen molar-refractivity contribution in [3.63, 3.8) is 0 Å². The molecular weight excluding hydrogens is 394 g/mol. The van der Waals surface area contributed by atoms with Crippen LogP contribution in [-0.4, -0.2) is 38.3 Å². The fraction of sp³-hybridized carbons (Fsp3) is 0.464. The third-order valence-electron chi connectivity index (χ3n) is 6.33. The smallest absolute Gasteiger partial charge is 0.0656 e. The molecule has 1 aromatic heterocycles. The van der Waals surface area contributed by atoms with Gasteiger partial charge in [0.2, 0.25) is 0 Å². The summed E-state index contributed by atoms with van der Waals surface area (Å²) in [5, 5.41) is 6.88. The Bertz CT molecular complexity index is 882. The number of nitrogens with one attached hydrogen (secondary N) is 2. The largest absolute Gasteiger partial charge is 0.384 e. The van der Waals surface area contributed by atoms with Crippen molar-refractivity contribution in [2.45, 2.75) is 57.4 Å². The van der Waals surface area contributed by atoms with E-state index >= 15 is 0 Å². The fourth-order valence-corrected chi connectivity index (χ4v) is 4.39. The quantitative estimate of drug-likeness (QED) is 0.472. The summed E-state index contributed by atoms with van der Waals surface area (Å²) < 4.78 is 5.34. The molecule has 4 heteroatoms. The van der Waals surface area contributed by atoms with Gasteiger partial charge in [0.25, 0.3) is 0 Å². The van der Waals surface area contributed by atoms with Gasteiger partial charge >= 0.3 is 0 Å². The monoisotopic (exact) mass is 433 g/mol. The van der Waals surface area contributed by atoms with E-state index in [2.05, 4.69) is 59.1 Å². The highest BCUT2D eigenvalue weighted by atomic mass is 16.5. The summed E-state index contributed by atoms with van der Waals surface area (Å²) in [4.78, 5) is 4.65. The van der Waals surface area contributed by atoms with Crippen LogP contribution in [0.1, 0.15) is 66.5 Å². The minimum absolute atomic E-state index is 0.544. The lowest BCUT2D eigenvalue weighted by molar-refractivity contribution is 0.202. The number of benzene rings is 1. The molecular formula is C28H39N3O. The van der Waals surface area contributed by atoms with Crippen molar-refractivity contribution in [2.75, 3.05) is 27.3 Å². The van der Waals surface area contributed by atoms with Crippen LogP contribution in [0.15, 0.2) is 49.7 Å². The highest BCUT2D eigenvalue weighted by Gasteiger charge is 2.16. The van der Waals surface area contributed by atoms with Crippen molar-refractivity contribution in [3.05, 3.63) is 77.6 Å². The maximum Gasteiger partial charge on any atom is 0.0656 e. The Kier molecular flexibility index (Phi) is 9.51. The number of methoxy groups -OCH3 is 1. The van der Waals surface area contributed by atoms with Gasteiger partial charge in [-0.1, -0.05) is 50.6 Å². The van der Waals surface area contributed by atoms with Crippen molar-refractivity contribution in [2.24, 2.45) is 0 Å². The van der Waals surface area contributed by atoms with Gasteiger partial charge in [0, 0.05) is 30.6 Å². The second-order valence-corrected chi connectivity index (χ2v) is 8.88. The van der Waals surface area contributed by atoms with Gasteiger partial charge in [-0.3, -0.25) is 4.98 Å². The Morgan fingerprint density at radius 2 is 1.88 bits per heavy atom. The number of nitrogens with zero attached hydrogens (tertiary/aromatic N) is 1. The van der Waals surface area contributed by atoms with Crippen LogP contribution in [0.2, 0.25) is 0 Å². The van der Waals surface area contributed by atoms with Gasteiger partial charge in [0.15, 0.2) is 0 Å². The second-order valence-electron chi connectivity index (χ2n) is 8.88. The lowest BCUT2D eigenvalue weighted by Crippen LogP contribution is -2.29. The Hall–Kier alpha value is -2.43. The van der Waals surface area contributed by atoms with Gasteiger partial charge in [-0.25, -0.2) is 0 Å². The molecule has 0 unspecified atom stereocenters. The Morgan fingerprint density at radius 1 is 1.09 bits per heavy atom. The predicted molar refractivity (Wildman–Crippen MR) is 136 cm³/mol. The zero-order valence-corrected chi connectivity index (χ0v) is 19.9. The average molecular weight is 434 g/mol. The first-order valence-electron chi connectivity index (χ1n) is 11.9. The van der Waals surface area contributed by atoms with E-state index in [4.69, 9.17) is 4.74 Å². The molecule has 0 atom stereocenters. The molecule has 172 valence electrons. The highest BCUT2D eigenvalue weighted by molar-refractivity contribution is 5.66. The molecule has 1 saturated carbocycles. The zero-order valence-electron chi connectivity index (χ0n) is 19.9. The van der Waals surface area contributed by atoms with Gasteiger partial charge in [-0.2, -0.15) is 0 Å². The zero-order chi connectivity index (χ0) is 22.8. The van der Waals surface area contributed by atoms with Crippen LogP contribution in [-0.2, 0) is 17.6 Å². The first-order chi connectivity index (χ1) is 15.6. The maximum atomic E-state index is 5.34. The summed E-state index contributed by atoms with van der Waals surface area (Å²) in [6.45, 7) is 10.2. The minimum atomic E-state index is 0.544. The fourth-order valence-electron chi connectivity index (χ4n) is 4.39. The molecule has 0 aliphatic heterocycles. The average Bonchev–Trinajstić information content (AvgIpc) is 2.82. The molecule has 2 aromatic rings. The lowest BCUT2D eigenvalue weighted by atomic mass is 9.93. The van der Waals surface area contributed by atoms with E-state index in [1.54, 1.807) is 7.11 Å². The number of aromatic nitrogens is 1. The second kappa shape index (κ2) is 12.6. The van der Waals surface area contributed by atoms with Crippen LogP contribution in [0.25, 0.3) is 11.3 Å². The molecule has 2 N–H and O–H groups in total. The molecule has 0 spiro atoms. The third-order valence-corrected chi connectivity index (χ3v) is 6.33. The number of hydrogen-bond donors (Lipinski definition) is 2. The van der Waals surface area contributed by atoms with E-state index in [0.29, 0.717) is 12.6 Å². The van der Waals surface area contributed by atoms with Crippen molar-refractivity contribution >= 4 is 11.3 Å². The molecule has 0 bridgehead atoms. The molecule has 1 fully saturated rings. The first kappa shape index (κ1) is 24.2. The van der Waals surface area contributed by atoms with Crippen molar-refractivity contribution in [1.82, 2.24) is 15.6 Å². The molecule has 4 nitrogen and oxygen atoms in total. The van der Waals surface area contributed by atoms with Gasteiger partial charge in [0.1, 0.15) is 0 Å². The van der Waals surface area contributed by atoms with E-state index in [1.165, 1.54) is 54.4 Å². The van der Waals surface area contributed by atoms with Gasteiger partial charge in [-0.15, -0.1) is 0 Å². The van der Waals surface area contributed by atoms with Gasteiger partial charge < -0.3 is 15.4 Å². The molecule has 1 heterocycles. The number of ether oxygens (including phenoxy) is 1. The van der Waals surface area contributed by atoms with E-state index in [-0.39, 0.29) is 0 Å². The number of rotatable bonds is 12. The van der Waals surface area contributed by atoms with Gasteiger partial charge in [-0.05, 0) is 80.1 Å². The summed E-state index contributed by atoms with van der Waals surface area (Å²) in [7, 11) is 3.71. The normalized spacial score (nSPS) is 14.3. The van der Waals surface area contributed by atoms with E-state index in [0.717, 1.165) is 42.8 Å². The van der Waals surface area contributed by atoms with Crippen LogP contribution >= 0.6 is 0 Å². The van der Waals surface area contributed by atoms with Crippen molar-refractivity contribution in [1.29, 1.82) is 0 Å². The molecule has 1 aromatic carbocycles. The summed E-state index contributed by atoms with van der Waals surface area (Å²) in [6.07, 6.45) is 11.1. The van der Waals surface area contributed by atoms with Crippen LogP contribution in [0.5, 0.6) is 0 Å². The Labute approximate surface area is 194 Å². The minimum Gasteiger partial charge on any atom is -0.384 e. The molecule has 1 aliphatic carbocycles. The van der Waals surface area contributed by atoms with Crippen LogP contribution in [0, 0.1) is 0 Å². The summed E-state index contributed by atoms with van der Waals surface area (Å²) >= 11 is 0. The molecule has 0 radical (unpaired) electrons. The Morgan fingerprint density at radius 3 is 2.56 bits per heavy atom. The van der Waals surface area contributed by atoms with E-state index < -0.39 is 0 Å². The lowest BCUT2D eigenvalue weighted by Gasteiger charge is -2.26. The van der Waals surface area contributed by atoms with Crippen molar-refractivity contribution in [3.8, 4) is 0 Å². The molecule has 32 heavy (non-hydrogen) atoms. The predicted octanol–water partition coefficient (Wildman–Crippen LogP) is 5.38. The molecule has 3 rings (SSSR count). The third kappa shape index (κ3) is 7.04.